The van der Waals surface area contributed by atoms with Gasteiger partial charge < -0.3 is 5.32 Å². The van der Waals surface area contributed by atoms with Gasteiger partial charge in [0.15, 0.2) is 0 Å². The lowest BCUT2D eigenvalue weighted by molar-refractivity contribution is -0.137. The summed E-state index contributed by atoms with van der Waals surface area (Å²) in [6, 6.07) is 9.15. The second kappa shape index (κ2) is 10.1. The van der Waals surface area contributed by atoms with E-state index in [4.69, 9.17) is 10.5 Å². The molecular weight excluding hydrogens is 371 g/mol. The van der Waals surface area contributed by atoms with E-state index in [-0.39, 0.29) is 18.2 Å². The van der Waals surface area contributed by atoms with Gasteiger partial charge in [0, 0.05) is 39.1 Å². The van der Waals surface area contributed by atoms with Crippen LogP contribution in [0.2, 0.25) is 0 Å². The first-order valence-electron chi connectivity index (χ1n) is 9.01. The van der Waals surface area contributed by atoms with Gasteiger partial charge in [0.25, 0.3) is 0 Å². The van der Waals surface area contributed by atoms with E-state index in [9.17, 15) is 18.0 Å². The minimum atomic E-state index is -4.53. The fourth-order valence-electron chi connectivity index (χ4n) is 3.11. The van der Waals surface area contributed by atoms with Gasteiger partial charge >= 0.3 is 6.18 Å². The highest BCUT2D eigenvalue weighted by Crippen LogP contribution is 2.34. The van der Waals surface area contributed by atoms with Crippen molar-refractivity contribution in [3.8, 4) is 12.1 Å². The van der Waals surface area contributed by atoms with Crippen LogP contribution in [0, 0.1) is 28.6 Å². The molecule has 0 radical (unpaired) electrons. The molecular formula is C19H22F3N5O. The Morgan fingerprint density at radius 2 is 1.79 bits per heavy atom. The van der Waals surface area contributed by atoms with Crippen LogP contribution in [0.25, 0.3) is 0 Å². The molecule has 0 bridgehead atoms. The number of para-hydroxylation sites is 1. The van der Waals surface area contributed by atoms with Crippen molar-refractivity contribution in [3.05, 3.63) is 29.8 Å². The van der Waals surface area contributed by atoms with Gasteiger partial charge in [-0.15, -0.1) is 0 Å². The number of nitrogens with zero attached hydrogens (tertiary/aromatic N) is 4. The summed E-state index contributed by atoms with van der Waals surface area (Å²) in [7, 11) is 0. The van der Waals surface area contributed by atoms with Gasteiger partial charge in [-0.3, -0.25) is 14.6 Å². The third-order valence-corrected chi connectivity index (χ3v) is 4.60. The second-order valence-corrected chi connectivity index (χ2v) is 6.69. The fourth-order valence-corrected chi connectivity index (χ4v) is 3.11. The Morgan fingerprint density at radius 1 is 1.14 bits per heavy atom. The highest BCUT2D eigenvalue weighted by Gasteiger charge is 2.33. The summed E-state index contributed by atoms with van der Waals surface area (Å²) in [5.41, 5.74) is -1.11. The summed E-state index contributed by atoms with van der Waals surface area (Å²) in [6.45, 7) is 3.09. The average Bonchev–Trinajstić information content (AvgIpc) is 2.66. The number of piperazine rings is 1. The Balaban J connectivity index is 1.82. The molecule has 1 aliphatic heterocycles. The average molecular weight is 393 g/mol. The normalized spacial score (nSPS) is 16.8. The van der Waals surface area contributed by atoms with Crippen LogP contribution in [-0.4, -0.2) is 55.0 Å². The quantitative estimate of drug-likeness (QED) is 0.770. The van der Waals surface area contributed by atoms with Crippen LogP contribution in [-0.2, 0) is 11.0 Å². The number of rotatable bonds is 7. The lowest BCUT2D eigenvalue weighted by atomic mass is 10.0. The number of anilines is 1. The largest absolute Gasteiger partial charge is 0.418 e. The smallest absolute Gasteiger partial charge is 0.324 e. The molecule has 1 heterocycles. The first-order chi connectivity index (χ1) is 13.3. The number of halogens is 3. The maximum Gasteiger partial charge on any atom is 0.418 e. The van der Waals surface area contributed by atoms with Crippen molar-refractivity contribution >= 4 is 11.6 Å². The molecule has 1 aromatic carbocycles. The molecule has 1 unspecified atom stereocenters. The molecule has 9 heteroatoms. The van der Waals surface area contributed by atoms with Gasteiger partial charge in [0.1, 0.15) is 0 Å². The predicted octanol–water partition coefficient (Wildman–Crippen LogP) is 2.71. The van der Waals surface area contributed by atoms with Gasteiger partial charge in [0.2, 0.25) is 5.91 Å². The number of carbonyl (C=O) groups is 1. The van der Waals surface area contributed by atoms with Crippen molar-refractivity contribution in [2.45, 2.75) is 19.0 Å². The van der Waals surface area contributed by atoms with Crippen LogP contribution in [0.3, 0.4) is 0 Å². The molecule has 0 aromatic heterocycles. The molecule has 28 heavy (non-hydrogen) atoms. The summed E-state index contributed by atoms with van der Waals surface area (Å²) < 4.78 is 39.0. The number of benzene rings is 1. The molecule has 1 N–H and O–H groups in total. The third-order valence-electron chi connectivity index (χ3n) is 4.60. The van der Waals surface area contributed by atoms with Crippen molar-refractivity contribution < 1.29 is 18.0 Å². The van der Waals surface area contributed by atoms with Crippen molar-refractivity contribution in [1.29, 1.82) is 10.5 Å². The summed E-state index contributed by atoms with van der Waals surface area (Å²) >= 11 is 0. The van der Waals surface area contributed by atoms with Crippen molar-refractivity contribution in [2.75, 3.05) is 44.6 Å². The lowest BCUT2D eigenvalue weighted by Crippen LogP contribution is -2.49. The summed E-state index contributed by atoms with van der Waals surface area (Å²) in [5, 5.41) is 20.1. The molecule has 1 amide bonds. The van der Waals surface area contributed by atoms with E-state index < -0.39 is 17.6 Å². The number of alkyl halides is 3. The first kappa shape index (κ1) is 21.7. The van der Waals surface area contributed by atoms with E-state index in [1.54, 1.807) is 0 Å². The summed E-state index contributed by atoms with van der Waals surface area (Å²) in [5.74, 6) is -0.692. The van der Waals surface area contributed by atoms with E-state index in [1.165, 1.54) is 18.2 Å². The maximum atomic E-state index is 13.0. The van der Waals surface area contributed by atoms with Crippen LogP contribution in [0.15, 0.2) is 24.3 Å². The van der Waals surface area contributed by atoms with Crippen LogP contribution >= 0.6 is 0 Å². The molecule has 1 aliphatic rings. The van der Waals surface area contributed by atoms with E-state index >= 15 is 0 Å². The number of carbonyl (C=O) groups excluding carboxylic acids is 1. The molecule has 0 aliphatic carbocycles. The van der Waals surface area contributed by atoms with Crippen LogP contribution in [0.1, 0.15) is 18.4 Å². The van der Waals surface area contributed by atoms with E-state index in [2.05, 4.69) is 16.3 Å². The summed E-state index contributed by atoms with van der Waals surface area (Å²) in [6.07, 6.45) is -3.65. The zero-order valence-corrected chi connectivity index (χ0v) is 15.4. The van der Waals surface area contributed by atoms with E-state index in [0.717, 1.165) is 6.07 Å². The Labute approximate surface area is 162 Å². The van der Waals surface area contributed by atoms with Crippen molar-refractivity contribution in [2.24, 2.45) is 5.92 Å². The van der Waals surface area contributed by atoms with Gasteiger partial charge in [-0.2, -0.15) is 23.7 Å². The monoisotopic (exact) mass is 393 g/mol. The zero-order chi connectivity index (χ0) is 20.6. The molecule has 1 saturated heterocycles. The zero-order valence-electron chi connectivity index (χ0n) is 15.4. The standard InChI is InChI=1S/C19H22F3N5O/c20-19(21,22)16-5-1-2-6-17(16)25-18(28)14-27-10-8-26(9-11-27)13-15(12-24)4-3-7-23/h1-2,5-6,15H,3-4,8-11,13-14H2,(H,25,28). The van der Waals surface area contributed by atoms with Gasteiger partial charge in [0.05, 0.1) is 35.9 Å². The van der Waals surface area contributed by atoms with Crippen LogP contribution in [0.4, 0.5) is 18.9 Å². The SMILES string of the molecule is N#CCCC(C#N)CN1CCN(CC(=O)Nc2ccccc2C(F)(F)F)CC1. The number of hydrogen-bond acceptors (Lipinski definition) is 5. The van der Waals surface area contributed by atoms with Crippen LogP contribution < -0.4 is 5.32 Å². The van der Waals surface area contributed by atoms with Gasteiger partial charge in [-0.25, -0.2) is 0 Å². The number of nitriles is 2. The molecule has 0 spiro atoms. The van der Waals surface area contributed by atoms with Crippen molar-refractivity contribution in [3.63, 3.8) is 0 Å². The van der Waals surface area contributed by atoms with Crippen LogP contribution in [0.5, 0.6) is 0 Å². The highest BCUT2D eigenvalue weighted by atomic mass is 19.4. The van der Waals surface area contributed by atoms with Crippen molar-refractivity contribution in [1.82, 2.24) is 9.80 Å². The Kier molecular flexibility index (Phi) is 7.80. The number of amides is 1. The highest BCUT2D eigenvalue weighted by molar-refractivity contribution is 5.93. The van der Waals surface area contributed by atoms with E-state index in [1.807, 2.05) is 11.0 Å². The molecule has 6 nitrogen and oxygen atoms in total. The molecule has 1 fully saturated rings. The van der Waals surface area contributed by atoms with E-state index in [0.29, 0.717) is 45.6 Å². The molecule has 2 rings (SSSR count). The van der Waals surface area contributed by atoms with Gasteiger partial charge in [-0.05, 0) is 18.6 Å². The maximum absolute atomic E-state index is 13.0. The fraction of sp³-hybridized carbons (Fsp3) is 0.526. The molecule has 0 saturated carbocycles. The first-order valence-corrected chi connectivity index (χ1v) is 9.01. The number of nitrogens with one attached hydrogen (secondary N) is 1. The lowest BCUT2D eigenvalue weighted by Gasteiger charge is -2.35. The Hall–Kier alpha value is -2.62. The number of hydrogen-bond donors (Lipinski definition) is 1. The predicted molar refractivity (Wildman–Crippen MR) is 96.9 cm³/mol. The minimum Gasteiger partial charge on any atom is -0.324 e. The summed E-state index contributed by atoms with van der Waals surface area (Å²) in [4.78, 5) is 16.2. The Morgan fingerprint density at radius 3 is 2.39 bits per heavy atom. The second-order valence-electron chi connectivity index (χ2n) is 6.69. The topological polar surface area (TPSA) is 83.2 Å². The Bertz CT molecular complexity index is 745. The molecule has 1 aromatic rings. The minimum absolute atomic E-state index is 0.0101. The third kappa shape index (κ3) is 6.52. The molecule has 150 valence electrons. The van der Waals surface area contributed by atoms with Gasteiger partial charge in [-0.1, -0.05) is 12.1 Å². The molecule has 1 atom stereocenters.